The number of carbonyl (C=O) groups is 3. The van der Waals surface area contributed by atoms with Gasteiger partial charge in [0.05, 0.1) is 23.3 Å². The van der Waals surface area contributed by atoms with E-state index in [0.717, 1.165) is 12.0 Å². The lowest BCUT2D eigenvalue weighted by Gasteiger charge is -2.40. The molecule has 2 fully saturated rings. The summed E-state index contributed by atoms with van der Waals surface area (Å²) in [5, 5.41) is -0.638. The number of hydrogen-bond donors (Lipinski definition) is 0. The first-order valence-corrected chi connectivity index (χ1v) is 11.0. The molecule has 2 saturated heterocycles. The average Bonchev–Trinajstić information content (AvgIpc) is 2.94. The predicted molar refractivity (Wildman–Crippen MR) is 104 cm³/mol. The zero-order valence-corrected chi connectivity index (χ0v) is 16.6. The van der Waals surface area contributed by atoms with Crippen molar-refractivity contribution < 1.29 is 23.2 Å². The Bertz CT molecular complexity index is 774. The summed E-state index contributed by atoms with van der Waals surface area (Å²) in [6.45, 7) is 1.95. The third-order valence-corrected chi connectivity index (χ3v) is 9.01. The maximum atomic E-state index is 13.1. The van der Waals surface area contributed by atoms with Crippen LogP contribution in [0.4, 0.5) is 0 Å². The van der Waals surface area contributed by atoms with E-state index in [0.29, 0.717) is 5.75 Å². The predicted octanol–water partition coefficient (Wildman–Crippen LogP) is 1.20. The molecule has 4 atom stereocenters. The molecule has 27 heavy (non-hydrogen) atoms. The van der Waals surface area contributed by atoms with E-state index in [1.165, 1.54) is 16.7 Å². The van der Waals surface area contributed by atoms with E-state index in [1.807, 2.05) is 37.3 Å². The van der Waals surface area contributed by atoms with Gasteiger partial charge in [0.1, 0.15) is 11.2 Å². The molecule has 1 aromatic rings. The molecule has 2 aliphatic rings. The first kappa shape index (κ1) is 20.1. The molecule has 1 aromatic carbocycles. The van der Waals surface area contributed by atoms with Crippen LogP contribution in [0, 0.1) is 5.92 Å². The van der Waals surface area contributed by atoms with Crippen molar-refractivity contribution in [2.75, 3.05) is 12.3 Å². The second kappa shape index (κ2) is 8.18. The van der Waals surface area contributed by atoms with Crippen LogP contribution in [0.5, 0.6) is 0 Å². The summed E-state index contributed by atoms with van der Waals surface area (Å²) in [7, 11) is 3.37. The molecule has 6 nitrogen and oxygen atoms in total. The maximum absolute atomic E-state index is 13.1. The molecule has 0 aliphatic carbocycles. The Balaban J connectivity index is 1.72. The summed E-state index contributed by atoms with van der Waals surface area (Å²) < 4.78 is 16.1. The molecular weight excluding hydrogens is 385 g/mol. The first-order chi connectivity index (χ1) is 12.9. The van der Waals surface area contributed by atoms with Gasteiger partial charge in [-0.15, -0.1) is 11.8 Å². The van der Waals surface area contributed by atoms with Crippen molar-refractivity contribution in [1.29, 1.82) is 0 Å². The number of rotatable bonds is 8. The van der Waals surface area contributed by atoms with E-state index < -0.39 is 32.1 Å². The van der Waals surface area contributed by atoms with Crippen molar-refractivity contribution in [2.45, 2.75) is 35.6 Å². The Morgan fingerprint density at radius 1 is 1.37 bits per heavy atom. The van der Waals surface area contributed by atoms with Crippen LogP contribution in [0.1, 0.15) is 25.3 Å². The number of amides is 1. The second-order valence-electron chi connectivity index (χ2n) is 6.67. The van der Waals surface area contributed by atoms with Gasteiger partial charge in [-0.3, -0.25) is 18.6 Å². The van der Waals surface area contributed by atoms with Gasteiger partial charge in [-0.2, -0.15) is 0 Å². The molecule has 0 saturated carbocycles. The van der Waals surface area contributed by atoms with Gasteiger partial charge in [-0.1, -0.05) is 37.3 Å². The number of fused-ring (bicyclic) bond motifs is 1. The summed E-state index contributed by atoms with van der Waals surface area (Å²) >= 11 is 1.21. The van der Waals surface area contributed by atoms with Gasteiger partial charge in [-0.25, -0.2) is 0 Å². The van der Waals surface area contributed by atoms with Crippen LogP contribution in [0.2, 0.25) is 0 Å². The molecule has 0 aromatic heterocycles. The van der Waals surface area contributed by atoms with Crippen LogP contribution in [-0.4, -0.2) is 56.6 Å². The molecule has 3 rings (SSSR count). The highest BCUT2D eigenvalue weighted by Crippen LogP contribution is 2.48. The molecule has 2 radical (unpaired) electrons. The Morgan fingerprint density at radius 2 is 2.07 bits per heavy atom. The molecule has 9 heteroatoms. The normalized spacial score (nSPS) is 29.1. The van der Waals surface area contributed by atoms with Crippen molar-refractivity contribution in [2.24, 2.45) is 5.92 Å². The molecule has 0 bridgehead atoms. The quantitative estimate of drug-likeness (QED) is 0.478. The monoisotopic (exact) mass is 405 g/mol. The smallest absolute Gasteiger partial charge is 0.378 e. The van der Waals surface area contributed by atoms with Crippen LogP contribution in [0.25, 0.3) is 0 Å². The number of thioether (sulfide) groups is 1. The van der Waals surface area contributed by atoms with Crippen molar-refractivity contribution in [3.8, 4) is 0 Å². The van der Waals surface area contributed by atoms with Crippen molar-refractivity contribution in [3.05, 3.63) is 35.9 Å². The topological polar surface area (TPSA) is 80.8 Å². The van der Waals surface area contributed by atoms with Gasteiger partial charge in [0.15, 0.2) is 0 Å². The fourth-order valence-electron chi connectivity index (χ4n) is 3.51. The number of β-lactam (4-membered cyclic amide) rings is 1. The van der Waals surface area contributed by atoms with Crippen LogP contribution < -0.4 is 0 Å². The molecule has 142 valence electrons. The van der Waals surface area contributed by atoms with Crippen LogP contribution in [0.15, 0.2) is 30.3 Å². The highest BCUT2D eigenvalue weighted by molar-refractivity contribution is 8.14. The molecular formula is C18H20BNO5S2. The lowest BCUT2D eigenvalue weighted by molar-refractivity contribution is -0.152. The molecule has 2 heterocycles. The van der Waals surface area contributed by atoms with Gasteiger partial charge in [0, 0.05) is 12.8 Å². The zero-order valence-electron chi connectivity index (χ0n) is 15.0. The number of carbonyl (C=O) groups excluding carboxylic acids is 3. The molecule has 0 N–H and O–H groups in total. The minimum Gasteiger partial charge on any atom is -0.542 e. The number of benzene rings is 1. The van der Waals surface area contributed by atoms with Crippen molar-refractivity contribution in [1.82, 2.24) is 4.90 Å². The summed E-state index contributed by atoms with van der Waals surface area (Å²) in [6.07, 6.45) is 1.02. The van der Waals surface area contributed by atoms with Gasteiger partial charge < -0.3 is 9.55 Å². The molecule has 1 amide bonds. The zero-order chi connectivity index (χ0) is 19.6. The van der Waals surface area contributed by atoms with E-state index in [4.69, 9.17) is 8.05 Å². The average molecular weight is 405 g/mol. The SMILES string of the molecule is [B]OC(=O)C1(SCCC)CN2C(=O)[C@@H](CC(=O)Cc3ccccc3)[C@H]2S1=O. The van der Waals surface area contributed by atoms with E-state index in [9.17, 15) is 18.6 Å². The highest BCUT2D eigenvalue weighted by atomic mass is 32.2. The van der Waals surface area contributed by atoms with Gasteiger partial charge in [0.25, 0.3) is 0 Å². The third kappa shape index (κ3) is 3.59. The van der Waals surface area contributed by atoms with Gasteiger partial charge in [-0.05, 0) is 17.7 Å². The molecule has 0 spiro atoms. The van der Waals surface area contributed by atoms with E-state index in [-0.39, 0.29) is 31.1 Å². The molecule has 2 aliphatic heterocycles. The standard InChI is InChI=1S/C18H20BNO5S2/c1-2-8-26-18(17(23)25-19)11-20-15(22)14(16(20)27(18)24)10-13(21)9-12-6-4-3-5-7-12/h3-7,14,16H,2,8-11H2,1H3/t14-,16-,18?,27?/m1/s1. The van der Waals surface area contributed by atoms with Crippen molar-refractivity contribution >= 4 is 48.3 Å². The summed E-state index contributed by atoms with van der Waals surface area (Å²) in [6, 6.07) is 9.27. The number of nitrogens with zero attached hydrogens (tertiary/aromatic N) is 1. The summed E-state index contributed by atoms with van der Waals surface area (Å²) in [5.41, 5.74) is 0.873. The van der Waals surface area contributed by atoms with E-state index >= 15 is 0 Å². The fraction of sp³-hybridized carbons (Fsp3) is 0.500. The van der Waals surface area contributed by atoms with Gasteiger partial charge in [0.2, 0.25) is 9.99 Å². The lowest BCUT2D eigenvalue weighted by atomic mass is 9.90. The lowest BCUT2D eigenvalue weighted by Crippen LogP contribution is -2.59. The third-order valence-electron chi connectivity index (χ3n) is 4.82. The summed E-state index contributed by atoms with van der Waals surface area (Å²) in [5.74, 6) is -1.17. The second-order valence-corrected chi connectivity index (χ2v) is 10.1. The van der Waals surface area contributed by atoms with Crippen LogP contribution in [0.3, 0.4) is 0 Å². The molecule has 2 unspecified atom stereocenters. The fourth-order valence-corrected chi connectivity index (χ4v) is 7.24. The maximum Gasteiger partial charge on any atom is 0.378 e. The Labute approximate surface area is 166 Å². The van der Waals surface area contributed by atoms with E-state index in [1.54, 1.807) is 0 Å². The highest BCUT2D eigenvalue weighted by Gasteiger charge is 2.66. The van der Waals surface area contributed by atoms with Crippen LogP contribution >= 0.6 is 11.8 Å². The number of ketones is 1. The minimum absolute atomic E-state index is 0.00713. The van der Waals surface area contributed by atoms with Gasteiger partial charge >= 0.3 is 14.0 Å². The minimum atomic E-state index is -1.69. The van der Waals surface area contributed by atoms with E-state index in [2.05, 4.69) is 4.65 Å². The Kier molecular flexibility index (Phi) is 6.10. The van der Waals surface area contributed by atoms with Crippen molar-refractivity contribution in [3.63, 3.8) is 0 Å². The Morgan fingerprint density at radius 3 is 2.70 bits per heavy atom. The first-order valence-electron chi connectivity index (χ1n) is 8.76. The largest absolute Gasteiger partial charge is 0.542 e. The number of hydrogen-bond acceptors (Lipinski definition) is 6. The Hall–Kier alpha value is -1.61. The number of Topliss-reactive ketones (excluding diaryl/α,β-unsaturated/α-hetero) is 1. The summed E-state index contributed by atoms with van der Waals surface area (Å²) in [4.78, 5) is 38.6. The van der Waals surface area contributed by atoms with Crippen LogP contribution in [-0.2, 0) is 36.3 Å².